The summed E-state index contributed by atoms with van der Waals surface area (Å²) >= 11 is 6.17. The first-order valence-electron chi connectivity index (χ1n) is 7.65. The molecule has 1 aliphatic rings. The van der Waals surface area contributed by atoms with Crippen molar-refractivity contribution < 1.29 is 14.3 Å². The average molecular weight is 340 g/mol. The fourth-order valence-electron chi connectivity index (χ4n) is 2.64. The molecule has 23 heavy (non-hydrogen) atoms. The number of para-hydroxylation sites is 1. The summed E-state index contributed by atoms with van der Waals surface area (Å²) in [5.74, 6) is -0.374. The number of amides is 2. The van der Waals surface area contributed by atoms with Crippen molar-refractivity contribution in [2.24, 2.45) is 5.73 Å². The summed E-state index contributed by atoms with van der Waals surface area (Å²) < 4.78 is 5.09. The highest BCUT2D eigenvalue weighted by atomic mass is 35.5. The molecule has 0 saturated carbocycles. The lowest BCUT2D eigenvalue weighted by Gasteiger charge is -2.33. The Bertz CT molecular complexity index is 563. The van der Waals surface area contributed by atoms with Gasteiger partial charge in [0.2, 0.25) is 11.8 Å². The van der Waals surface area contributed by atoms with Crippen molar-refractivity contribution in [2.45, 2.75) is 31.4 Å². The predicted molar refractivity (Wildman–Crippen MR) is 89.4 cm³/mol. The van der Waals surface area contributed by atoms with E-state index in [0.717, 1.165) is 6.42 Å². The van der Waals surface area contributed by atoms with Crippen LogP contribution < -0.4 is 16.0 Å². The lowest BCUT2D eigenvalue weighted by molar-refractivity contribution is -0.129. The Labute approximate surface area is 140 Å². The first-order chi connectivity index (χ1) is 11.1. The smallest absolute Gasteiger partial charge is 0.249 e. The molecular weight excluding hydrogens is 318 g/mol. The van der Waals surface area contributed by atoms with Crippen molar-refractivity contribution in [3.05, 3.63) is 29.3 Å². The summed E-state index contributed by atoms with van der Waals surface area (Å²) in [6.45, 7) is 0.854. The number of benzene rings is 1. The number of nitrogens with two attached hydrogens (primary N) is 1. The van der Waals surface area contributed by atoms with Gasteiger partial charge in [-0.2, -0.15) is 0 Å². The zero-order valence-corrected chi connectivity index (χ0v) is 13.9. The summed E-state index contributed by atoms with van der Waals surface area (Å²) in [6.07, 6.45) is 1.22. The van der Waals surface area contributed by atoms with Crippen LogP contribution in [0.3, 0.4) is 0 Å². The van der Waals surface area contributed by atoms with Crippen LogP contribution in [0.2, 0.25) is 5.02 Å². The molecule has 2 amide bonds. The number of methoxy groups -OCH3 is 1. The molecule has 1 saturated heterocycles. The molecular formula is C16H22ClN3O3. The minimum atomic E-state index is -0.539. The molecule has 0 radical (unpaired) electrons. The molecule has 7 heteroatoms. The first kappa shape index (κ1) is 17.7. The van der Waals surface area contributed by atoms with Gasteiger partial charge >= 0.3 is 0 Å². The summed E-state index contributed by atoms with van der Waals surface area (Å²) in [5, 5.41) is 3.30. The maximum Gasteiger partial charge on any atom is 0.249 e. The van der Waals surface area contributed by atoms with E-state index in [9.17, 15) is 9.59 Å². The van der Waals surface area contributed by atoms with Crippen LogP contribution in [-0.4, -0.2) is 44.2 Å². The van der Waals surface area contributed by atoms with Gasteiger partial charge in [0.25, 0.3) is 0 Å². The molecule has 1 aromatic rings. The molecule has 1 aliphatic heterocycles. The average Bonchev–Trinajstić information content (AvgIpc) is 2.55. The van der Waals surface area contributed by atoms with Crippen LogP contribution in [0.15, 0.2) is 24.3 Å². The van der Waals surface area contributed by atoms with E-state index in [2.05, 4.69) is 5.32 Å². The van der Waals surface area contributed by atoms with Crippen molar-refractivity contribution in [3.8, 4) is 0 Å². The number of anilines is 1. The second-order valence-corrected chi connectivity index (χ2v) is 5.91. The van der Waals surface area contributed by atoms with E-state index in [1.807, 2.05) is 12.1 Å². The van der Waals surface area contributed by atoms with E-state index >= 15 is 0 Å². The number of ether oxygens (including phenoxy) is 1. The predicted octanol–water partition coefficient (Wildman–Crippen LogP) is 1.32. The number of halogens is 1. The molecule has 1 heterocycles. The highest BCUT2D eigenvalue weighted by molar-refractivity contribution is 6.33. The molecule has 0 bridgehead atoms. The first-order valence-corrected chi connectivity index (χ1v) is 8.02. The SMILES string of the molecule is COC(CN)CC(=O)NC1CCCN(c2ccccc2Cl)C1=O. The number of nitrogens with one attached hydrogen (secondary N) is 1. The van der Waals surface area contributed by atoms with Crippen LogP contribution in [0.5, 0.6) is 0 Å². The molecule has 2 rings (SSSR count). The quantitative estimate of drug-likeness (QED) is 0.818. The van der Waals surface area contributed by atoms with Crippen LogP contribution in [0.25, 0.3) is 0 Å². The van der Waals surface area contributed by atoms with Gasteiger partial charge in [-0.1, -0.05) is 23.7 Å². The fourth-order valence-corrected chi connectivity index (χ4v) is 2.88. The fraction of sp³-hybridized carbons (Fsp3) is 0.500. The third-order valence-corrected chi connectivity index (χ3v) is 4.25. The highest BCUT2D eigenvalue weighted by Crippen LogP contribution is 2.28. The molecule has 0 spiro atoms. The van der Waals surface area contributed by atoms with Crippen LogP contribution in [0, 0.1) is 0 Å². The Hall–Kier alpha value is -1.63. The van der Waals surface area contributed by atoms with Gasteiger partial charge in [0, 0.05) is 20.2 Å². The minimum Gasteiger partial charge on any atom is -0.380 e. The van der Waals surface area contributed by atoms with Gasteiger partial charge in [-0.3, -0.25) is 9.59 Å². The van der Waals surface area contributed by atoms with E-state index < -0.39 is 6.04 Å². The lowest BCUT2D eigenvalue weighted by Crippen LogP contribution is -2.53. The van der Waals surface area contributed by atoms with E-state index in [4.69, 9.17) is 22.1 Å². The van der Waals surface area contributed by atoms with Crippen molar-refractivity contribution in [1.29, 1.82) is 0 Å². The van der Waals surface area contributed by atoms with Gasteiger partial charge in [-0.05, 0) is 25.0 Å². The third kappa shape index (κ3) is 4.43. The Morgan fingerprint density at radius 1 is 1.52 bits per heavy atom. The largest absolute Gasteiger partial charge is 0.380 e. The number of carbonyl (C=O) groups is 2. The highest BCUT2D eigenvalue weighted by Gasteiger charge is 2.31. The molecule has 2 unspecified atom stereocenters. The second-order valence-electron chi connectivity index (χ2n) is 5.50. The number of nitrogens with zero attached hydrogens (tertiary/aromatic N) is 1. The number of carbonyl (C=O) groups excluding carboxylic acids is 2. The van der Waals surface area contributed by atoms with Crippen molar-refractivity contribution in [1.82, 2.24) is 5.32 Å². The Morgan fingerprint density at radius 3 is 2.91 bits per heavy atom. The monoisotopic (exact) mass is 339 g/mol. The van der Waals surface area contributed by atoms with Crippen molar-refractivity contribution in [3.63, 3.8) is 0 Å². The van der Waals surface area contributed by atoms with Crippen LogP contribution in [-0.2, 0) is 14.3 Å². The van der Waals surface area contributed by atoms with Gasteiger partial charge in [0.15, 0.2) is 0 Å². The molecule has 3 N–H and O–H groups in total. The number of hydrogen-bond donors (Lipinski definition) is 2. The summed E-state index contributed by atoms with van der Waals surface area (Å²) in [7, 11) is 1.51. The van der Waals surface area contributed by atoms with Gasteiger partial charge < -0.3 is 20.7 Å². The molecule has 0 aliphatic carbocycles. The van der Waals surface area contributed by atoms with E-state index in [1.165, 1.54) is 7.11 Å². The second kappa shape index (κ2) is 8.29. The van der Waals surface area contributed by atoms with E-state index in [1.54, 1.807) is 17.0 Å². The van der Waals surface area contributed by atoms with Crippen molar-refractivity contribution in [2.75, 3.05) is 25.1 Å². The number of hydrogen-bond acceptors (Lipinski definition) is 4. The zero-order valence-electron chi connectivity index (χ0n) is 13.1. The zero-order chi connectivity index (χ0) is 16.8. The maximum absolute atomic E-state index is 12.6. The number of rotatable bonds is 6. The third-order valence-electron chi connectivity index (χ3n) is 3.93. The van der Waals surface area contributed by atoms with Gasteiger partial charge in [0.1, 0.15) is 6.04 Å². The summed E-state index contributed by atoms with van der Waals surface area (Å²) in [6, 6.07) is 6.66. The summed E-state index contributed by atoms with van der Waals surface area (Å²) in [5.41, 5.74) is 6.19. The van der Waals surface area contributed by atoms with E-state index in [0.29, 0.717) is 23.7 Å². The van der Waals surface area contributed by atoms with Crippen LogP contribution >= 0.6 is 11.6 Å². The lowest BCUT2D eigenvalue weighted by atomic mass is 10.0. The van der Waals surface area contributed by atoms with Crippen LogP contribution in [0.4, 0.5) is 5.69 Å². The topological polar surface area (TPSA) is 84.7 Å². The maximum atomic E-state index is 12.6. The molecule has 1 fully saturated rings. The molecule has 0 aromatic heterocycles. The molecule has 126 valence electrons. The standard InChI is InChI=1S/C16H22ClN3O3/c1-23-11(10-18)9-15(21)19-13-6-4-8-20(16(13)22)14-7-3-2-5-12(14)17/h2-3,5,7,11,13H,4,6,8-10,18H2,1H3,(H,19,21). The Morgan fingerprint density at radius 2 is 2.26 bits per heavy atom. The van der Waals surface area contributed by atoms with Crippen LogP contribution in [0.1, 0.15) is 19.3 Å². The van der Waals surface area contributed by atoms with Gasteiger partial charge in [-0.15, -0.1) is 0 Å². The van der Waals surface area contributed by atoms with Gasteiger partial charge in [-0.25, -0.2) is 0 Å². The van der Waals surface area contributed by atoms with Gasteiger partial charge in [0.05, 0.1) is 23.2 Å². The molecule has 2 atom stereocenters. The number of piperidine rings is 1. The normalized spacial score (nSPS) is 19.5. The molecule has 6 nitrogen and oxygen atoms in total. The Balaban J connectivity index is 2.03. The molecule has 1 aromatic carbocycles. The van der Waals surface area contributed by atoms with E-state index in [-0.39, 0.29) is 30.9 Å². The van der Waals surface area contributed by atoms with Crippen molar-refractivity contribution >= 4 is 29.1 Å². The minimum absolute atomic E-state index is 0.139. The Kier molecular flexibility index (Phi) is 6.38. The summed E-state index contributed by atoms with van der Waals surface area (Å²) in [4.78, 5) is 26.3.